The van der Waals surface area contributed by atoms with E-state index in [-0.39, 0.29) is 0 Å². The van der Waals surface area contributed by atoms with Gasteiger partial charge in [0.2, 0.25) is 5.69 Å². The first kappa shape index (κ1) is 21.4. The number of hydrogen-bond acceptors (Lipinski definition) is 7. The zero-order valence-electron chi connectivity index (χ0n) is 15.8. The van der Waals surface area contributed by atoms with E-state index in [2.05, 4.69) is 5.10 Å². The molecule has 0 atom stereocenters. The van der Waals surface area contributed by atoms with Gasteiger partial charge >= 0.3 is 5.89 Å². The Bertz CT molecular complexity index is 1060. The van der Waals surface area contributed by atoms with E-state index in [1.54, 1.807) is 7.11 Å². The lowest BCUT2D eigenvalue weighted by molar-refractivity contribution is -2.00. The maximum absolute atomic E-state index is 8.49. The highest BCUT2D eigenvalue weighted by molar-refractivity contribution is 5.57. The fourth-order valence-electron chi connectivity index (χ4n) is 2.65. The lowest BCUT2D eigenvalue weighted by Crippen LogP contribution is -2.68. The van der Waals surface area contributed by atoms with Crippen molar-refractivity contribution in [2.75, 3.05) is 7.11 Å². The Morgan fingerprint density at radius 2 is 1.30 bits per heavy atom. The average molecular weight is 429 g/mol. The van der Waals surface area contributed by atoms with Gasteiger partial charge in [-0.05, 0) is 41.1 Å². The van der Waals surface area contributed by atoms with Crippen LogP contribution in [0.4, 0.5) is 0 Å². The number of aromatic nitrogens is 2. The summed E-state index contributed by atoms with van der Waals surface area (Å²) >= 11 is 0. The van der Waals surface area contributed by atoms with Gasteiger partial charge in [-0.25, -0.2) is 18.6 Å². The van der Waals surface area contributed by atoms with Crippen LogP contribution >= 0.6 is 0 Å². The Kier molecular flexibility index (Phi) is 6.78. The number of rotatable bonds is 4. The zero-order chi connectivity index (χ0) is 21.6. The van der Waals surface area contributed by atoms with Crippen molar-refractivity contribution in [3.8, 4) is 34.3 Å². The minimum absolute atomic E-state index is 0.579. The van der Waals surface area contributed by atoms with E-state index in [0.29, 0.717) is 11.8 Å². The van der Waals surface area contributed by atoms with Crippen molar-refractivity contribution in [1.29, 1.82) is 0 Å². The van der Waals surface area contributed by atoms with Crippen molar-refractivity contribution in [2.45, 2.75) is 0 Å². The van der Waals surface area contributed by atoms with E-state index in [1.807, 2.05) is 89.6 Å². The summed E-state index contributed by atoms with van der Waals surface area (Å²) in [7, 11) is -3.29. The summed E-state index contributed by atoms with van der Waals surface area (Å²) in [4.78, 5) is 0. The van der Waals surface area contributed by atoms with Crippen LogP contribution in [0.3, 0.4) is 0 Å². The van der Waals surface area contributed by atoms with Gasteiger partial charge in [0, 0.05) is 22.8 Å². The largest absolute Gasteiger partial charge is 0.497 e. The van der Waals surface area contributed by atoms with Crippen LogP contribution in [0.5, 0.6) is 5.75 Å². The molecule has 0 bridgehead atoms. The van der Waals surface area contributed by atoms with Crippen LogP contribution in [0.2, 0.25) is 0 Å². The monoisotopic (exact) mass is 428 g/mol. The van der Waals surface area contributed by atoms with E-state index in [0.717, 1.165) is 22.6 Å². The maximum atomic E-state index is 8.49. The Balaban J connectivity index is 0.000000461. The number of hydrogen-bond donors (Lipinski definition) is 0. The lowest BCUT2D eigenvalue weighted by Gasteiger charge is -2.17. The van der Waals surface area contributed by atoms with Crippen molar-refractivity contribution in [3.63, 3.8) is 0 Å². The van der Waals surface area contributed by atoms with Gasteiger partial charge in [-0.3, -0.25) is 0 Å². The molecule has 1 aromatic heterocycles. The van der Waals surface area contributed by atoms with Gasteiger partial charge in [-0.2, -0.15) is 0 Å². The lowest BCUT2D eigenvalue weighted by atomic mass is 10.2. The highest BCUT2D eigenvalue weighted by Crippen LogP contribution is 2.25. The summed E-state index contributed by atoms with van der Waals surface area (Å²) < 4.78 is 47.2. The van der Waals surface area contributed by atoms with Crippen LogP contribution in [-0.2, 0) is 0 Å². The molecule has 0 saturated carbocycles. The van der Waals surface area contributed by atoms with Crippen LogP contribution in [0.15, 0.2) is 89.3 Å². The number of methoxy groups -OCH3 is 1. The average Bonchev–Trinajstić information content (AvgIpc) is 3.19. The van der Waals surface area contributed by atoms with Crippen LogP contribution in [-0.4, -0.2) is 12.2 Å². The number of ether oxygens (including phenoxy) is 1. The normalized spacial score (nSPS) is 10.8. The highest BCUT2D eigenvalue weighted by atomic mass is 35.7. The number of para-hydroxylation sites is 1. The molecular formula is C21H17ClN2O6. The Hall–Kier alpha value is -3.27. The third kappa shape index (κ3) is 5.86. The van der Waals surface area contributed by atoms with E-state index in [4.69, 9.17) is 27.8 Å². The van der Waals surface area contributed by atoms with E-state index in [9.17, 15) is 0 Å². The van der Waals surface area contributed by atoms with Crippen molar-refractivity contribution < 1.29 is 42.7 Å². The molecule has 8 nitrogen and oxygen atoms in total. The molecule has 0 unspecified atom stereocenters. The summed E-state index contributed by atoms with van der Waals surface area (Å²) in [6.07, 6.45) is 0. The van der Waals surface area contributed by atoms with Gasteiger partial charge in [0.1, 0.15) is 5.75 Å². The number of nitrogens with zero attached hydrogens (tertiary/aromatic N) is 2. The molecule has 4 rings (SSSR count). The molecule has 1 heterocycles. The molecule has 0 aliphatic carbocycles. The van der Waals surface area contributed by atoms with Crippen LogP contribution in [0.1, 0.15) is 0 Å². The quantitative estimate of drug-likeness (QED) is 0.402. The Morgan fingerprint density at radius 1 is 0.767 bits per heavy atom. The molecule has 0 spiro atoms. The molecule has 3 aromatic carbocycles. The predicted molar refractivity (Wildman–Crippen MR) is 95.5 cm³/mol. The van der Waals surface area contributed by atoms with E-state index < -0.39 is 10.2 Å². The second-order valence-corrected chi connectivity index (χ2v) is 6.69. The Labute approximate surface area is 174 Å². The first-order valence-corrected chi connectivity index (χ1v) is 9.89. The fraction of sp³-hybridized carbons (Fsp3) is 0.0476. The molecule has 154 valence electrons. The molecule has 0 saturated heterocycles. The predicted octanol–water partition coefficient (Wildman–Crippen LogP) is -0.462. The molecular weight excluding hydrogens is 412 g/mol. The van der Waals surface area contributed by atoms with E-state index in [1.165, 1.54) is 0 Å². The topological polar surface area (TPSA) is 131 Å². The second kappa shape index (κ2) is 9.49. The van der Waals surface area contributed by atoms with Crippen LogP contribution in [0, 0.1) is 10.2 Å². The summed E-state index contributed by atoms with van der Waals surface area (Å²) in [5, 5.41) is 4.69. The molecule has 30 heavy (non-hydrogen) atoms. The van der Waals surface area contributed by atoms with Gasteiger partial charge in [-0.15, -0.1) is 10.2 Å². The summed E-state index contributed by atoms with van der Waals surface area (Å²) in [6.45, 7) is 0. The van der Waals surface area contributed by atoms with Gasteiger partial charge in [0.05, 0.1) is 12.7 Å². The first-order valence-electron chi connectivity index (χ1n) is 8.65. The molecule has 4 aromatic rings. The number of halogens is 1. The molecule has 0 N–H and O–H groups in total. The molecule has 0 radical (unpaired) electrons. The second-order valence-electron chi connectivity index (χ2n) is 5.93. The van der Waals surface area contributed by atoms with Crippen molar-refractivity contribution in [3.05, 3.63) is 84.9 Å². The van der Waals surface area contributed by atoms with Crippen molar-refractivity contribution in [2.24, 2.45) is 0 Å². The van der Waals surface area contributed by atoms with Gasteiger partial charge < -0.3 is 9.15 Å². The molecule has 0 aliphatic rings. The van der Waals surface area contributed by atoms with Gasteiger partial charge in [0.25, 0.3) is 5.89 Å². The van der Waals surface area contributed by atoms with Crippen LogP contribution < -0.4 is 28.1 Å². The summed E-state index contributed by atoms with van der Waals surface area (Å²) in [6, 6.07) is 27.6. The smallest absolute Gasteiger partial charge is 0.414 e. The third-order valence-electron chi connectivity index (χ3n) is 3.94. The molecule has 0 fully saturated rings. The molecule has 9 heteroatoms. The van der Waals surface area contributed by atoms with Crippen LogP contribution in [0.25, 0.3) is 28.6 Å². The first-order chi connectivity index (χ1) is 14.3. The fourth-order valence-corrected chi connectivity index (χ4v) is 2.65. The standard InChI is InChI=1S/C21H17N2O2.ClHO4/c1-24-19-14-12-17(13-15-19)21-23(18-10-6-3-7-11-18)22-20(25-21)16-8-4-2-5-9-16;2-1(3,4)5/h2-15H,1H3;(H,2,3,4,5)/q+1;/p-1. The SMILES string of the molecule is COc1ccc(-c2oc(-c3ccccc3)n[n+]2-c2ccccc2)cc1.[O-][Cl+3]([O-])([O-])[O-]. The Morgan fingerprint density at radius 3 is 1.83 bits per heavy atom. The minimum atomic E-state index is -4.94. The minimum Gasteiger partial charge on any atom is -0.497 e. The number of benzene rings is 3. The van der Waals surface area contributed by atoms with Gasteiger partial charge in [0.15, 0.2) is 0 Å². The third-order valence-corrected chi connectivity index (χ3v) is 3.94. The van der Waals surface area contributed by atoms with Gasteiger partial charge in [-0.1, -0.05) is 36.4 Å². The summed E-state index contributed by atoms with van der Waals surface area (Å²) in [5.41, 5.74) is 2.81. The zero-order valence-corrected chi connectivity index (χ0v) is 16.6. The summed E-state index contributed by atoms with van der Waals surface area (Å²) in [5.74, 6) is 2.06. The van der Waals surface area contributed by atoms with Crippen molar-refractivity contribution >= 4 is 0 Å². The highest BCUT2D eigenvalue weighted by Gasteiger charge is 2.26. The molecule has 0 amide bonds. The van der Waals surface area contributed by atoms with E-state index >= 15 is 0 Å². The molecule has 0 aliphatic heterocycles. The maximum Gasteiger partial charge on any atom is 0.414 e. The van der Waals surface area contributed by atoms with Crippen molar-refractivity contribution in [1.82, 2.24) is 5.10 Å².